The average Bonchev–Trinajstić information content (AvgIpc) is 2.58. The first kappa shape index (κ1) is 9.46. The second-order valence-corrected chi connectivity index (χ2v) is 4.57. The van der Waals surface area contributed by atoms with Crippen molar-refractivity contribution in [1.29, 1.82) is 0 Å². The van der Waals surface area contributed by atoms with Crippen LogP contribution in [0.4, 0.5) is 0 Å². The van der Waals surface area contributed by atoms with Gasteiger partial charge in [-0.05, 0) is 62.2 Å². The number of rotatable bonds is 0. The van der Waals surface area contributed by atoms with E-state index in [9.17, 15) is 0 Å². The number of pyridine rings is 1. The normalized spacial score (nSPS) is 11.4. The molecule has 1 aromatic carbocycles. The van der Waals surface area contributed by atoms with Gasteiger partial charge in [-0.1, -0.05) is 6.07 Å². The minimum atomic E-state index is 1.28. The highest BCUT2D eigenvalue weighted by Gasteiger charge is 2.05. The van der Waals surface area contributed by atoms with Crippen LogP contribution in [0, 0.1) is 20.8 Å². The Hall–Kier alpha value is -1.76. The summed E-state index contributed by atoms with van der Waals surface area (Å²) in [4.78, 5) is 0. The number of benzene rings is 1. The zero-order valence-electron chi connectivity index (χ0n) is 9.91. The summed E-state index contributed by atoms with van der Waals surface area (Å²) in [6, 6.07) is 13.2. The second kappa shape index (κ2) is 3.11. The van der Waals surface area contributed by atoms with Gasteiger partial charge in [-0.15, -0.1) is 0 Å². The summed E-state index contributed by atoms with van der Waals surface area (Å²) < 4.78 is 2.32. The topological polar surface area (TPSA) is 4.41 Å². The maximum Gasteiger partial charge on any atom is 0.0534 e. The van der Waals surface area contributed by atoms with Crippen molar-refractivity contribution in [3.05, 3.63) is 53.2 Å². The van der Waals surface area contributed by atoms with E-state index in [4.69, 9.17) is 0 Å². The van der Waals surface area contributed by atoms with Crippen molar-refractivity contribution in [1.82, 2.24) is 4.40 Å². The van der Waals surface area contributed by atoms with E-state index in [1.165, 1.54) is 33.2 Å². The summed E-state index contributed by atoms with van der Waals surface area (Å²) in [5.41, 5.74) is 6.60. The van der Waals surface area contributed by atoms with Crippen molar-refractivity contribution in [3.63, 3.8) is 0 Å². The van der Waals surface area contributed by atoms with Crippen LogP contribution in [0.3, 0.4) is 0 Å². The number of hydrogen-bond donors (Lipinski definition) is 0. The number of nitrogens with zero attached hydrogens (tertiary/aromatic N) is 1. The Kier molecular flexibility index (Phi) is 1.84. The van der Waals surface area contributed by atoms with E-state index in [-0.39, 0.29) is 0 Å². The molecule has 3 aromatic rings. The molecule has 0 saturated carbocycles. The van der Waals surface area contributed by atoms with Gasteiger partial charge in [0.2, 0.25) is 0 Å². The maximum absolute atomic E-state index is 2.32. The van der Waals surface area contributed by atoms with Gasteiger partial charge in [0.15, 0.2) is 0 Å². The van der Waals surface area contributed by atoms with Gasteiger partial charge in [0, 0.05) is 16.6 Å². The van der Waals surface area contributed by atoms with Gasteiger partial charge in [-0.25, -0.2) is 0 Å². The fourth-order valence-corrected chi connectivity index (χ4v) is 2.37. The molecule has 0 aliphatic heterocycles. The minimum Gasteiger partial charge on any atom is -0.314 e. The Morgan fingerprint density at radius 2 is 1.62 bits per heavy atom. The smallest absolute Gasteiger partial charge is 0.0534 e. The quantitative estimate of drug-likeness (QED) is 0.527. The molecule has 0 radical (unpaired) electrons. The first-order valence-electron chi connectivity index (χ1n) is 5.65. The van der Waals surface area contributed by atoms with E-state index in [0.717, 1.165) is 0 Å². The molecule has 0 spiro atoms. The van der Waals surface area contributed by atoms with Crippen molar-refractivity contribution >= 4 is 16.4 Å². The number of hydrogen-bond acceptors (Lipinski definition) is 0. The van der Waals surface area contributed by atoms with Gasteiger partial charge in [0.1, 0.15) is 0 Å². The highest BCUT2D eigenvalue weighted by molar-refractivity contribution is 5.88. The van der Waals surface area contributed by atoms with Crippen LogP contribution in [-0.2, 0) is 0 Å². The van der Waals surface area contributed by atoms with Crippen molar-refractivity contribution in [2.45, 2.75) is 20.8 Å². The first-order chi connectivity index (χ1) is 7.66. The summed E-state index contributed by atoms with van der Waals surface area (Å²) in [6.07, 6.45) is 0. The number of aryl methyl sites for hydroxylation is 3. The highest BCUT2D eigenvalue weighted by atomic mass is 14.9. The van der Waals surface area contributed by atoms with Crippen molar-refractivity contribution in [2.24, 2.45) is 0 Å². The number of aromatic nitrogens is 1. The molecule has 0 N–H and O–H groups in total. The third-order valence-electron chi connectivity index (χ3n) is 3.40. The molecule has 0 atom stereocenters. The van der Waals surface area contributed by atoms with Gasteiger partial charge in [0.05, 0.1) is 5.52 Å². The van der Waals surface area contributed by atoms with Gasteiger partial charge in [-0.2, -0.15) is 0 Å². The van der Waals surface area contributed by atoms with Crippen LogP contribution in [0.2, 0.25) is 0 Å². The summed E-state index contributed by atoms with van der Waals surface area (Å²) in [6.45, 7) is 6.50. The molecule has 0 aliphatic rings. The lowest BCUT2D eigenvalue weighted by Crippen LogP contribution is -1.90. The van der Waals surface area contributed by atoms with E-state index >= 15 is 0 Å². The lowest BCUT2D eigenvalue weighted by atomic mass is 10.1. The fraction of sp³-hybridized carbons (Fsp3) is 0.200. The summed E-state index contributed by atoms with van der Waals surface area (Å²) in [5, 5.41) is 1.33. The van der Waals surface area contributed by atoms with E-state index in [0.29, 0.717) is 0 Å². The Morgan fingerprint density at radius 3 is 2.44 bits per heavy atom. The van der Waals surface area contributed by atoms with E-state index < -0.39 is 0 Å². The van der Waals surface area contributed by atoms with Crippen LogP contribution >= 0.6 is 0 Å². The van der Waals surface area contributed by atoms with E-state index in [1.807, 2.05) is 0 Å². The Bertz CT molecular complexity index is 689. The van der Waals surface area contributed by atoms with Crippen LogP contribution < -0.4 is 0 Å². The van der Waals surface area contributed by atoms with Crippen molar-refractivity contribution < 1.29 is 0 Å². The van der Waals surface area contributed by atoms with Gasteiger partial charge >= 0.3 is 0 Å². The Labute approximate surface area is 95.3 Å². The average molecular weight is 209 g/mol. The standard InChI is InChI=1S/C15H15N/c1-10-7-13-9-14-6-4-5-12(3)16(14)15(13)8-11(10)2/h4-9H,1-3H3. The molecule has 1 nitrogen and oxygen atoms in total. The van der Waals surface area contributed by atoms with Crippen LogP contribution in [0.5, 0.6) is 0 Å². The molecule has 2 aromatic heterocycles. The van der Waals surface area contributed by atoms with Crippen LogP contribution in [0.15, 0.2) is 36.4 Å². The molecule has 16 heavy (non-hydrogen) atoms. The van der Waals surface area contributed by atoms with Crippen LogP contribution in [-0.4, -0.2) is 4.40 Å². The van der Waals surface area contributed by atoms with Gasteiger partial charge < -0.3 is 4.40 Å². The molecule has 0 unspecified atom stereocenters. The number of fused-ring (bicyclic) bond motifs is 3. The van der Waals surface area contributed by atoms with Crippen molar-refractivity contribution in [3.8, 4) is 0 Å². The molecular formula is C15H15N. The first-order valence-corrected chi connectivity index (χ1v) is 5.65. The zero-order valence-corrected chi connectivity index (χ0v) is 9.91. The predicted octanol–water partition coefficient (Wildman–Crippen LogP) is 4.02. The van der Waals surface area contributed by atoms with Gasteiger partial charge in [-0.3, -0.25) is 0 Å². The molecule has 0 fully saturated rings. The minimum absolute atomic E-state index is 1.28. The molecule has 80 valence electrons. The summed E-state index contributed by atoms with van der Waals surface area (Å²) >= 11 is 0. The largest absolute Gasteiger partial charge is 0.314 e. The molecule has 1 heteroatoms. The Balaban J connectivity index is 2.58. The van der Waals surface area contributed by atoms with Crippen LogP contribution in [0.1, 0.15) is 16.8 Å². The molecule has 3 rings (SSSR count). The van der Waals surface area contributed by atoms with Gasteiger partial charge in [0.25, 0.3) is 0 Å². The fourth-order valence-electron chi connectivity index (χ4n) is 2.37. The molecule has 0 saturated heterocycles. The lowest BCUT2D eigenvalue weighted by Gasteiger charge is -2.04. The molecule has 0 amide bonds. The monoisotopic (exact) mass is 209 g/mol. The van der Waals surface area contributed by atoms with Crippen LogP contribution in [0.25, 0.3) is 16.4 Å². The summed E-state index contributed by atoms with van der Waals surface area (Å²) in [5.74, 6) is 0. The van der Waals surface area contributed by atoms with Crippen molar-refractivity contribution in [2.75, 3.05) is 0 Å². The molecule has 2 heterocycles. The third kappa shape index (κ3) is 1.18. The summed E-state index contributed by atoms with van der Waals surface area (Å²) in [7, 11) is 0. The zero-order chi connectivity index (χ0) is 11.3. The third-order valence-corrected chi connectivity index (χ3v) is 3.40. The highest BCUT2D eigenvalue weighted by Crippen LogP contribution is 2.24. The van der Waals surface area contributed by atoms with E-state index in [1.54, 1.807) is 0 Å². The predicted molar refractivity (Wildman–Crippen MR) is 69.1 cm³/mol. The van der Waals surface area contributed by atoms with E-state index in [2.05, 4.69) is 61.6 Å². The SMILES string of the molecule is Cc1cc2cc3cccc(C)n3c2cc1C. The molecule has 0 aliphatic carbocycles. The Morgan fingerprint density at radius 1 is 0.875 bits per heavy atom. The molecular weight excluding hydrogens is 194 g/mol. The molecule has 0 bridgehead atoms. The second-order valence-electron chi connectivity index (χ2n) is 4.57. The maximum atomic E-state index is 2.32. The lowest BCUT2D eigenvalue weighted by molar-refractivity contribution is 1.14.